The van der Waals surface area contributed by atoms with E-state index in [1.54, 1.807) is 25.3 Å². The molecule has 0 atom stereocenters. The first-order chi connectivity index (χ1) is 14.5. The van der Waals surface area contributed by atoms with E-state index in [4.69, 9.17) is 5.41 Å². The number of hydrogen-bond acceptors (Lipinski definition) is 4. The fraction of sp³-hybridized carbons (Fsp3) is 0.400. The highest BCUT2D eigenvalue weighted by Gasteiger charge is 2.26. The molecule has 30 heavy (non-hydrogen) atoms. The molecule has 0 radical (unpaired) electrons. The molecular formula is C25H30N4O. The topological polar surface area (TPSA) is 60.3 Å². The summed E-state index contributed by atoms with van der Waals surface area (Å²) in [6, 6.07) is 12.4. The zero-order valence-electron chi connectivity index (χ0n) is 17.7. The molecule has 0 aliphatic carbocycles. The molecule has 1 amide bonds. The average molecular weight is 403 g/mol. The Morgan fingerprint density at radius 3 is 2.20 bits per heavy atom. The van der Waals surface area contributed by atoms with Crippen molar-refractivity contribution in [3.8, 4) is 0 Å². The predicted molar refractivity (Wildman–Crippen MR) is 122 cm³/mol. The Labute approximate surface area is 178 Å². The normalized spacial score (nSPS) is 17.2. The van der Waals surface area contributed by atoms with Crippen molar-refractivity contribution >= 4 is 22.9 Å². The number of carbonyl (C=O) groups excluding carboxylic acids is 1. The minimum atomic E-state index is -0.0248. The fourth-order valence-electron chi connectivity index (χ4n) is 4.43. The lowest BCUT2D eigenvalue weighted by atomic mass is 9.86. The molecule has 3 heterocycles. The number of anilines is 1. The Balaban J connectivity index is 1.33. The lowest BCUT2D eigenvalue weighted by Crippen LogP contribution is -2.39. The van der Waals surface area contributed by atoms with E-state index >= 15 is 0 Å². The monoisotopic (exact) mass is 402 g/mol. The molecule has 2 aliphatic heterocycles. The quantitative estimate of drug-likeness (QED) is 0.742. The average Bonchev–Trinajstić information content (AvgIpc) is 3.33. The first-order valence-electron chi connectivity index (χ1n) is 10.9. The largest absolute Gasteiger partial charge is 0.372 e. The lowest BCUT2D eigenvalue weighted by molar-refractivity contribution is 0.0702. The van der Waals surface area contributed by atoms with Crippen LogP contribution in [0.3, 0.4) is 0 Å². The van der Waals surface area contributed by atoms with Crippen LogP contribution in [0.15, 0.2) is 49.2 Å². The summed E-state index contributed by atoms with van der Waals surface area (Å²) < 4.78 is 0. The summed E-state index contributed by atoms with van der Waals surface area (Å²) in [5.74, 6) is 0.380. The van der Waals surface area contributed by atoms with Crippen LogP contribution in [-0.2, 0) is 0 Å². The molecule has 2 aromatic rings. The first-order valence-corrected chi connectivity index (χ1v) is 10.9. The van der Waals surface area contributed by atoms with Gasteiger partial charge in [-0.1, -0.05) is 18.7 Å². The highest BCUT2D eigenvalue weighted by Crippen LogP contribution is 2.32. The number of allylic oxidation sites excluding steroid dienone is 1. The van der Waals surface area contributed by atoms with Crippen LogP contribution in [0.25, 0.3) is 5.57 Å². The van der Waals surface area contributed by atoms with Gasteiger partial charge in [0.15, 0.2) is 0 Å². The number of benzene rings is 1. The van der Waals surface area contributed by atoms with Crippen molar-refractivity contribution in [2.75, 3.05) is 31.1 Å². The predicted octanol–water partition coefficient (Wildman–Crippen LogP) is 4.64. The first kappa shape index (κ1) is 20.3. The number of nitrogens with zero attached hydrogens (tertiary/aromatic N) is 3. The number of hydrogen-bond donors (Lipinski definition) is 1. The lowest BCUT2D eigenvalue weighted by Gasteiger charge is -2.33. The smallest absolute Gasteiger partial charge is 0.272 e. The van der Waals surface area contributed by atoms with Crippen molar-refractivity contribution in [1.82, 2.24) is 9.88 Å². The molecule has 0 spiro atoms. The summed E-state index contributed by atoms with van der Waals surface area (Å²) in [7, 11) is 0. The number of nitrogens with one attached hydrogen (secondary N) is 1. The van der Waals surface area contributed by atoms with Crippen molar-refractivity contribution in [2.24, 2.45) is 5.92 Å². The molecule has 4 rings (SSSR count). The molecule has 1 aromatic carbocycles. The van der Waals surface area contributed by atoms with Gasteiger partial charge in [-0.15, -0.1) is 0 Å². The summed E-state index contributed by atoms with van der Waals surface area (Å²) in [6.45, 7) is 9.86. The third kappa shape index (κ3) is 4.30. The van der Waals surface area contributed by atoms with Gasteiger partial charge in [-0.05, 0) is 73.9 Å². The van der Waals surface area contributed by atoms with Crippen LogP contribution in [-0.4, -0.2) is 47.7 Å². The van der Waals surface area contributed by atoms with E-state index in [9.17, 15) is 4.79 Å². The minimum absolute atomic E-state index is 0.0248. The van der Waals surface area contributed by atoms with Gasteiger partial charge in [-0.2, -0.15) is 0 Å². The zero-order chi connectivity index (χ0) is 21.1. The van der Waals surface area contributed by atoms with Crippen LogP contribution < -0.4 is 4.90 Å². The zero-order valence-corrected chi connectivity index (χ0v) is 17.7. The molecule has 1 aromatic heterocycles. The maximum absolute atomic E-state index is 12.8. The number of pyridine rings is 1. The SMILES string of the molecule is C=C(c1ccc(N2CCCC2)cc1)C1CCN(C(=O)c2ccc(C(C)=N)cn2)CC1. The van der Waals surface area contributed by atoms with Crippen LogP contribution >= 0.6 is 0 Å². The van der Waals surface area contributed by atoms with E-state index in [2.05, 4.69) is 40.7 Å². The van der Waals surface area contributed by atoms with E-state index < -0.39 is 0 Å². The fourth-order valence-corrected chi connectivity index (χ4v) is 4.43. The number of aromatic nitrogens is 1. The second-order valence-corrected chi connectivity index (χ2v) is 8.39. The Morgan fingerprint density at radius 1 is 1.00 bits per heavy atom. The molecule has 0 unspecified atom stereocenters. The van der Waals surface area contributed by atoms with Gasteiger partial charge in [-0.3, -0.25) is 9.78 Å². The molecular weight excluding hydrogens is 372 g/mol. The van der Waals surface area contributed by atoms with Crippen LogP contribution in [0, 0.1) is 11.3 Å². The number of amides is 1. The van der Waals surface area contributed by atoms with Gasteiger partial charge < -0.3 is 15.2 Å². The Kier molecular flexibility index (Phi) is 5.98. The third-order valence-electron chi connectivity index (χ3n) is 6.40. The number of likely N-dealkylation sites (tertiary alicyclic amines) is 1. The molecule has 0 bridgehead atoms. The van der Waals surface area contributed by atoms with Crippen molar-refractivity contribution in [2.45, 2.75) is 32.6 Å². The maximum atomic E-state index is 12.8. The van der Waals surface area contributed by atoms with Gasteiger partial charge in [0, 0.05) is 49.3 Å². The highest BCUT2D eigenvalue weighted by molar-refractivity contribution is 5.97. The standard InChI is InChI=1S/C25H30N4O/c1-18(20-5-8-23(9-6-20)28-13-3-4-14-28)21-11-15-29(16-12-21)25(30)24-10-7-22(17-27-24)19(2)26/h5-10,17,21,26H,1,3-4,11-16H2,2H3. The Bertz CT molecular complexity index is 919. The van der Waals surface area contributed by atoms with Gasteiger partial charge in [0.25, 0.3) is 5.91 Å². The summed E-state index contributed by atoms with van der Waals surface area (Å²) in [5, 5.41) is 7.65. The summed E-state index contributed by atoms with van der Waals surface area (Å²) in [4.78, 5) is 21.4. The molecule has 2 saturated heterocycles. The molecule has 2 aliphatic rings. The van der Waals surface area contributed by atoms with E-state index in [-0.39, 0.29) is 5.91 Å². The Morgan fingerprint density at radius 2 is 1.63 bits per heavy atom. The molecule has 5 heteroatoms. The summed E-state index contributed by atoms with van der Waals surface area (Å²) >= 11 is 0. The van der Waals surface area contributed by atoms with Gasteiger partial charge in [0.2, 0.25) is 0 Å². The van der Waals surface area contributed by atoms with Crippen LogP contribution in [0.2, 0.25) is 0 Å². The molecule has 5 nitrogen and oxygen atoms in total. The van der Waals surface area contributed by atoms with Gasteiger partial charge in [0.1, 0.15) is 5.69 Å². The van der Waals surface area contributed by atoms with Crippen molar-refractivity contribution in [1.29, 1.82) is 5.41 Å². The van der Waals surface area contributed by atoms with Gasteiger partial charge >= 0.3 is 0 Å². The third-order valence-corrected chi connectivity index (χ3v) is 6.40. The van der Waals surface area contributed by atoms with Crippen LogP contribution in [0.4, 0.5) is 5.69 Å². The van der Waals surface area contributed by atoms with Gasteiger partial charge in [-0.25, -0.2) is 0 Å². The maximum Gasteiger partial charge on any atom is 0.272 e. The molecule has 0 saturated carbocycles. The number of piperidine rings is 1. The highest BCUT2D eigenvalue weighted by atomic mass is 16.2. The summed E-state index contributed by atoms with van der Waals surface area (Å²) in [6.07, 6.45) is 6.03. The number of carbonyl (C=O) groups is 1. The molecule has 156 valence electrons. The minimum Gasteiger partial charge on any atom is -0.372 e. The number of rotatable bonds is 5. The van der Waals surface area contributed by atoms with Crippen molar-refractivity contribution < 1.29 is 4.79 Å². The van der Waals surface area contributed by atoms with Crippen LogP contribution in [0.5, 0.6) is 0 Å². The van der Waals surface area contributed by atoms with E-state index in [0.717, 1.165) is 44.6 Å². The van der Waals surface area contributed by atoms with Crippen LogP contribution in [0.1, 0.15) is 54.2 Å². The second kappa shape index (κ2) is 8.82. The summed E-state index contributed by atoms with van der Waals surface area (Å²) in [5.41, 5.74) is 5.35. The molecule has 2 fully saturated rings. The molecule has 1 N–H and O–H groups in total. The second-order valence-electron chi connectivity index (χ2n) is 8.39. The van der Waals surface area contributed by atoms with E-state index in [1.807, 2.05) is 4.90 Å². The van der Waals surface area contributed by atoms with E-state index in [1.165, 1.54) is 29.7 Å². The van der Waals surface area contributed by atoms with E-state index in [0.29, 0.717) is 17.3 Å². The van der Waals surface area contributed by atoms with Gasteiger partial charge in [0.05, 0.1) is 0 Å². The van der Waals surface area contributed by atoms with Crippen molar-refractivity contribution in [3.63, 3.8) is 0 Å². The van der Waals surface area contributed by atoms with Crippen molar-refractivity contribution in [3.05, 3.63) is 66.0 Å². The Hall–Kier alpha value is -2.95.